The number of allylic oxidation sites excluding steroid dienone is 2. The van der Waals surface area contributed by atoms with Crippen molar-refractivity contribution in [1.29, 1.82) is 0 Å². The molecule has 0 unspecified atom stereocenters. The lowest BCUT2D eigenvalue weighted by molar-refractivity contribution is -0.139. The number of aromatic hydroxyl groups is 3. The fourth-order valence-corrected chi connectivity index (χ4v) is 5.46. The standard InChI is InChI=1S/C22H16O12.C16H18O4/c1-8-5-12(24)10(6-23)19-15(8)22(31)34-20-11(7-32-14(27)4-3-13(25)26)17(28)16(21(29)30)9(2)18(20)33-19;1-9(2)5-6-11-14(19-4)8-13(18)15-12(17)7-10(3)20-16(11)15/h3-6,24,28H,7H2,1-2H3,(H,25,26)(H,29,30);5,7-8,18H,6H2,1-4H3. The molecule has 3 aromatic carbocycles. The lowest BCUT2D eigenvalue weighted by Crippen LogP contribution is -2.13. The first-order chi connectivity index (χ1) is 25.4. The van der Waals surface area contributed by atoms with Gasteiger partial charge >= 0.3 is 23.9 Å². The third-order valence-electron chi connectivity index (χ3n) is 7.97. The lowest BCUT2D eigenvalue weighted by Gasteiger charge is -2.18. The molecule has 0 aliphatic carbocycles. The fourth-order valence-electron chi connectivity index (χ4n) is 5.46. The van der Waals surface area contributed by atoms with Crippen molar-refractivity contribution in [3.63, 3.8) is 0 Å². The predicted molar refractivity (Wildman–Crippen MR) is 188 cm³/mol. The molecule has 54 heavy (non-hydrogen) atoms. The van der Waals surface area contributed by atoms with Crippen LogP contribution in [0, 0.1) is 20.8 Å². The van der Waals surface area contributed by atoms with Crippen molar-refractivity contribution in [2.75, 3.05) is 7.11 Å². The number of ether oxygens (including phenoxy) is 4. The van der Waals surface area contributed by atoms with Crippen molar-refractivity contribution in [3.8, 4) is 40.2 Å². The quantitative estimate of drug-likeness (QED) is 0.0462. The third kappa shape index (κ3) is 8.02. The third-order valence-corrected chi connectivity index (χ3v) is 7.97. The first kappa shape index (κ1) is 39.7. The summed E-state index contributed by atoms with van der Waals surface area (Å²) in [7, 11) is 1.53. The summed E-state index contributed by atoms with van der Waals surface area (Å²) in [4.78, 5) is 70.7. The minimum Gasteiger partial charge on any atom is -0.507 e. The maximum absolute atomic E-state index is 12.9. The number of aryl methyl sites for hydroxylation is 2. The van der Waals surface area contributed by atoms with Gasteiger partial charge in [0.2, 0.25) is 0 Å². The van der Waals surface area contributed by atoms with Gasteiger partial charge in [0.25, 0.3) is 0 Å². The number of aromatic carboxylic acids is 1. The SMILES string of the molecule is COc1cc(O)c2c(=O)cc(C)oc2c1CC=C(C)C.Cc1cc(O)c(C=O)c2c1C(=O)Oc1c(COC(=O)C=CC(=O)O)c(O)c(C(=O)O)c(C)c1O2. The minimum absolute atomic E-state index is 0.119. The number of phenolic OH excluding ortho intramolecular Hbond substituents is 2. The summed E-state index contributed by atoms with van der Waals surface area (Å²) in [5.41, 5.74) is 0.265. The molecule has 16 heteroatoms. The number of aldehydes is 1. The van der Waals surface area contributed by atoms with Crippen molar-refractivity contribution >= 4 is 41.1 Å². The molecule has 0 saturated heterocycles. The topological polar surface area (TPSA) is 254 Å². The number of carbonyl (C=O) groups excluding carboxylic acids is 3. The predicted octanol–water partition coefficient (Wildman–Crippen LogP) is 5.56. The summed E-state index contributed by atoms with van der Waals surface area (Å²) in [6.07, 6.45) is 3.91. The Morgan fingerprint density at radius 1 is 0.870 bits per heavy atom. The summed E-state index contributed by atoms with van der Waals surface area (Å²) in [6, 6.07) is 3.97. The average molecular weight is 747 g/mol. The van der Waals surface area contributed by atoms with E-state index in [0.717, 1.165) is 17.2 Å². The Bertz CT molecular complexity index is 2360. The number of hydrogen-bond donors (Lipinski definition) is 5. The number of hydrogen-bond acceptors (Lipinski definition) is 14. The van der Waals surface area contributed by atoms with E-state index in [2.05, 4.69) is 0 Å². The number of methoxy groups -OCH3 is 1. The zero-order chi connectivity index (χ0) is 40.2. The maximum atomic E-state index is 12.9. The van der Waals surface area contributed by atoms with Gasteiger partial charge in [0.05, 0.1) is 18.2 Å². The van der Waals surface area contributed by atoms with Crippen molar-refractivity contribution in [3.05, 3.63) is 96.9 Å². The van der Waals surface area contributed by atoms with E-state index < -0.39 is 70.2 Å². The maximum Gasteiger partial charge on any atom is 0.347 e. The highest BCUT2D eigenvalue weighted by Gasteiger charge is 2.36. The average Bonchev–Trinajstić information content (AvgIpc) is 3.23. The van der Waals surface area contributed by atoms with Crippen LogP contribution in [0.5, 0.6) is 40.2 Å². The molecular formula is C38H34O16. The minimum atomic E-state index is -1.60. The number of carbonyl (C=O) groups is 5. The molecule has 5 N–H and O–H groups in total. The van der Waals surface area contributed by atoms with Crippen LogP contribution in [-0.4, -0.2) is 62.8 Å². The van der Waals surface area contributed by atoms with Gasteiger partial charge in [-0.1, -0.05) is 11.6 Å². The Kier molecular flexibility index (Phi) is 11.8. The zero-order valence-electron chi connectivity index (χ0n) is 29.7. The van der Waals surface area contributed by atoms with Crippen LogP contribution >= 0.6 is 0 Å². The second-order valence-corrected chi connectivity index (χ2v) is 12.0. The van der Waals surface area contributed by atoms with Gasteiger partial charge in [-0.05, 0) is 52.7 Å². The number of esters is 2. The first-order valence-electron chi connectivity index (χ1n) is 15.8. The molecule has 1 aliphatic heterocycles. The van der Waals surface area contributed by atoms with Crippen LogP contribution in [0.4, 0.5) is 0 Å². The monoisotopic (exact) mass is 746 g/mol. The molecule has 16 nitrogen and oxygen atoms in total. The van der Waals surface area contributed by atoms with Crippen LogP contribution < -0.4 is 19.6 Å². The van der Waals surface area contributed by atoms with Gasteiger partial charge in [-0.15, -0.1) is 0 Å². The highest BCUT2D eigenvalue weighted by molar-refractivity contribution is 6.03. The fraction of sp³-hybridized carbons (Fsp3) is 0.211. The first-order valence-corrected chi connectivity index (χ1v) is 15.8. The van der Waals surface area contributed by atoms with Gasteiger partial charge < -0.3 is 48.9 Å². The number of phenols is 3. The molecule has 4 aromatic rings. The number of carboxylic acid groups (broad SMARTS) is 2. The van der Waals surface area contributed by atoms with Crippen LogP contribution in [0.2, 0.25) is 0 Å². The Balaban J connectivity index is 0.000000276. The van der Waals surface area contributed by atoms with E-state index in [9.17, 15) is 49.2 Å². The van der Waals surface area contributed by atoms with Crippen LogP contribution in [0.15, 0.2) is 51.2 Å². The van der Waals surface area contributed by atoms with E-state index in [4.69, 9.17) is 28.5 Å². The molecule has 282 valence electrons. The highest BCUT2D eigenvalue weighted by Crippen LogP contribution is 2.50. The Morgan fingerprint density at radius 2 is 1.56 bits per heavy atom. The van der Waals surface area contributed by atoms with Crippen molar-refractivity contribution in [2.24, 2.45) is 0 Å². The Labute approximate surface area is 305 Å². The van der Waals surface area contributed by atoms with Gasteiger partial charge in [-0.2, -0.15) is 0 Å². The van der Waals surface area contributed by atoms with E-state index in [0.29, 0.717) is 35.7 Å². The number of benzene rings is 3. The molecule has 1 aliphatic rings. The Hall–Kier alpha value is -7.10. The second kappa shape index (κ2) is 16.1. The number of aliphatic carboxylic acids is 1. The molecule has 0 atom stereocenters. The molecule has 0 fully saturated rings. The largest absolute Gasteiger partial charge is 0.507 e. The number of rotatable bonds is 9. The molecule has 0 spiro atoms. The summed E-state index contributed by atoms with van der Waals surface area (Å²) in [6.45, 7) is 7.53. The molecule has 0 radical (unpaired) electrons. The van der Waals surface area contributed by atoms with Crippen LogP contribution in [0.1, 0.15) is 72.9 Å². The van der Waals surface area contributed by atoms with Gasteiger partial charge in [-0.3, -0.25) is 9.59 Å². The molecule has 0 amide bonds. The highest BCUT2D eigenvalue weighted by atomic mass is 16.6. The van der Waals surface area contributed by atoms with E-state index in [1.165, 1.54) is 33.1 Å². The van der Waals surface area contributed by atoms with Crippen molar-refractivity contribution in [1.82, 2.24) is 0 Å². The van der Waals surface area contributed by atoms with Crippen molar-refractivity contribution in [2.45, 2.75) is 47.6 Å². The van der Waals surface area contributed by atoms with Crippen molar-refractivity contribution < 1.29 is 72.9 Å². The van der Waals surface area contributed by atoms with E-state index >= 15 is 0 Å². The van der Waals surface area contributed by atoms with Gasteiger partial charge in [0, 0.05) is 35.4 Å². The van der Waals surface area contributed by atoms with E-state index in [1.54, 1.807) is 6.92 Å². The summed E-state index contributed by atoms with van der Waals surface area (Å²) < 4.78 is 26.9. The molecule has 5 rings (SSSR count). The molecule has 1 aromatic heterocycles. The van der Waals surface area contributed by atoms with Crippen LogP contribution in [0.25, 0.3) is 11.0 Å². The number of carboxylic acids is 2. The Morgan fingerprint density at radius 3 is 2.15 bits per heavy atom. The van der Waals surface area contributed by atoms with E-state index in [-0.39, 0.29) is 45.3 Å². The summed E-state index contributed by atoms with van der Waals surface area (Å²) in [5.74, 6) is -7.01. The smallest absolute Gasteiger partial charge is 0.347 e. The summed E-state index contributed by atoms with van der Waals surface area (Å²) in [5, 5.41) is 49.1. The van der Waals surface area contributed by atoms with Gasteiger partial charge in [-0.25, -0.2) is 19.2 Å². The number of fused-ring (bicyclic) bond motifs is 3. The summed E-state index contributed by atoms with van der Waals surface area (Å²) >= 11 is 0. The van der Waals surface area contributed by atoms with Gasteiger partial charge in [0.15, 0.2) is 29.0 Å². The molecule has 0 saturated carbocycles. The zero-order valence-corrected chi connectivity index (χ0v) is 29.7. The lowest BCUT2D eigenvalue weighted by atomic mass is 10.0. The molecular weight excluding hydrogens is 712 g/mol. The van der Waals surface area contributed by atoms with Crippen LogP contribution in [0.3, 0.4) is 0 Å². The molecule has 2 heterocycles. The molecule has 0 bridgehead atoms. The second-order valence-electron chi connectivity index (χ2n) is 12.0. The van der Waals surface area contributed by atoms with Gasteiger partial charge in [0.1, 0.15) is 57.5 Å². The van der Waals surface area contributed by atoms with E-state index in [1.807, 2.05) is 19.9 Å². The normalized spacial score (nSPS) is 11.6. The van der Waals surface area contributed by atoms with Crippen LogP contribution in [-0.2, 0) is 27.4 Å².